The van der Waals surface area contributed by atoms with E-state index in [2.05, 4.69) is 5.32 Å². The number of nitrogens with one attached hydrogen (secondary N) is 1. The van der Waals surface area contributed by atoms with Gasteiger partial charge in [-0.1, -0.05) is 6.07 Å². The van der Waals surface area contributed by atoms with Crippen LogP contribution in [0.2, 0.25) is 0 Å². The zero-order valence-electron chi connectivity index (χ0n) is 10.8. The van der Waals surface area contributed by atoms with Crippen molar-refractivity contribution in [2.75, 3.05) is 0 Å². The molecule has 2 N–H and O–H groups in total. The number of hydrogen-bond acceptors (Lipinski definition) is 2. The van der Waals surface area contributed by atoms with Gasteiger partial charge in [-0.25, -0.2) is 13.2 Å². The molecule has 2 aromatic rings. The van der Waals surface area contributed by atoms with E-state index in [4.69, 9.17) is 5.11 Å². The molecule has 106 valence electrons. The average molecular weight is 281 g/mol. The second kappa shape index (κ2) is 5.96. The summed E-state index contributed by atoms with van der Waals surface area (Å²) in [6.45, 7) is 1.96. The van der Waals surface area contributed by atoms with Crippen LogP contribution in [-0.4, -0.2) is 5.11 Å². The third-order valence-corrected chi connectivity index (χ3v) is 3.05. The van der Waals surface area contributed by atoms with Crippen LogP contribution >= 0.6 is 0 Å². The van der Waals surface area contributed by atoms with Crippen LogP contribution < -0.4 is 5.32 Å². The fourth-order valence-corrected chi connectivity index (χ4v) is 1.89. The molecule has 2 rings (SSSR count). The van der Waals surface area contributed by atoms with Crippen LogP contribution in [0.1, 0.15) is 24.1 Å². The molecule has 0 bridgehead atoms. The third-order valence-electron chi connectivity index (χ3n) is 3.05. The minimum Gasteiger partial charge on any atom is -0.505 e. The highest BCUT2D eigenvalue weighted by Crippen LogP contribution is 2.20. The highest BCUT2D eigenvalue weighted by Gasteiger charge is 2.12. The van der Waals surface area contributed by atoms with E-state index in [1.165, 1.54) is 12.1 Å². The molecule has 2 aromatic carbocycles. The number of aromatic hydroxyl groups is 1. The Labute approximate surface area is 114 Å². The van der Waals surface area contributed by atoms with Crippen molar-refractivity contribution in [3.05, 3.63) is 65.0 Å². The Morgan fingerprint density at radius 2 is 1.80 bits per heavy atom. The van der Waals surface area contributed by atoms with Gasteiger partial charge in [0.15, 0.2) is 11.6 Å². The van der Waals surface area contributed by atoms with Crippen LogP contribution in [0.25, 0.3) is 0 Å². The SMILES string of the molecule is CC(NCc1ccc(O)c(F)c1)c1cc(F)ccc1F. The summed E-state index contributed by atoms with van der Waals surface area (Å²) in [7, 11) is 0. The summed E-state index contributed by atoms with van der Waals surface area (Å²) >= 11 is 0. The zero-order valence-corrected chi connectivity index (χ0v) is 10.8. The summed E-state index contributed by atoms with van der Waals surface area (Å²) in [5, 5.41) is 12.1. The van der Waals surface area contributed by atoms with Gasteiger partial charge < -0.3 is 10.4 Å². The topological polar surface area (TPSA) is 32.3 Å². The first kappa shape index (κ1) is 14.4. The van der Waals surface area contributed by atoms with Gasteiger partial charge in [0.25, 0.3) is 0 Å². The van der Waals surface area contributed by atoms with E-state index in [1.807, 2.05) is 0 Å². The van der Waals surface area contributed by atoms with E-state index in [0.717, 1.165) is 18.2 Å². The third kappa shape index (κ3) is 3.30. The summed E-state index contributed by atoms with van der Waals surface area (Å²) in [5.74, 6) is -2.14. The molecule has 0 aromatic heterocycles. The van der Waals surface area contributed by atoms with Crippen molar-refractivity contribution in [3.63, 3.8) is 0 Å². The first-order chi connectivity index (χ1) is 9.47. The maximum Gasteiger partial charge on any atom is 0.165 e. The van der Waals surface area contributed by atoms with Crippen LogP contribution in [0.15, 0.2) is 36.4 Å². The minimum atomic E-state index is -0.714. The van der Waals surface area contributed by atoms with Crippen molar-refractivity contribution in [3.8, 4) is 5.75 Å². The highest BCUT2D eigenvalue weighted by atomic mass is 19.1. The van der Waals surface area contributed by atoms with Gasteiger partial charge in [0.1, 0.15) is 11.6 Å². The number of rotatable bonds is 4. The van der Waals surface area contributed by atoms with Crippen molar-refractivity contribution in [2.45, 2.75) is 19.5 Å². The number of hydrogen-bond donors (Lipinski definition) is 2. The Bertz CT molecular complexity index is 616. The van der Waals surface area contributed by atoms with Crippen LogP contribution in [0, 0.1) is 17.5 Å². The molecule has 0 aliphatic heterocycles. The lowest BCUT2D eigenvalue weighted by Crippen LogP contribution is -2.19. The van der Waals surface area contributed by atoms with E-state index in [-0.39, 0.29) is 12.1 Å². The van der Waals surface area contributed by atoms with Gasteiger partial charge in [0.05, 0.1) is 0 Å². The van der Waals surface area contributed by atoms with Gasteiger partial charge in [0, 0.05) is 18.2 Å². The minimum absolute atomic E-state index is 0.212. The van der Waals surface area contributed by atoms with Crippen molar-refractivity contribution in [1.29, 1.82) is 0 Å². The van der Waals surface area contributed by atoms with Crippen LogP contribution in [0.3, 0.4) is 0 Å². The first-order valence-corrected chi connectivity index (χ1v) is 6.13. The Morgan fingerprint density at radius 1 is 1.05 bits per heavy atom. The maximum absolute atomic E-state index is 13.6. The van der Waals surface area contributed by atoms with E-state index < -0.39 is 29.2 Å². The normalized spacial score (nSPS) is 12.4. The molecule has 0 spiro atoms. The molecule has 0 heterocycles. The second-order valence-corrected chi connectivity index (χ2v) is 4.55. The van der Waals surface area contributed by atoms with Gasteiger partial charge >= 0.3 is 0 Å². The smallest absolute Gasteiger partial charge is 0.165 e. The quantitative estimate of drug-likeness (QED) is 0.896. The second-order valence-electron chi connectivity index (χ2n) is 4.55. The van der Waals surface area contributed by atoms with E-state index >= 15 is 0 Å². The Kier molecular flexibility index (Phi) is 4.29. The number of phenolic OH excluding ortho intramolecular Hbond substituents is 1. The molecule has 0 amide bonds. The highest BCUT2D eigenvalue weighted by molar-refractivity contribution is 5.28. The van der Waals surface area contributed by atoms with Crippen LogP contribution in [0.4, 0.5) is 13.2 Å². The number of benzene rings is 2. The first-order valence-electron chi connectivity index (χ1n) is 6.13. The molecular weight excluding hydrogens is 267 g/mol. The van der Waals surface area contributed by atoms with Crippen molar-refractivity contribution < 1.29 is 18.3 Å². The van der Waals surface area contributed by atoms with Gasteiger partial charge in [-0.2, -0.15) is 0 Å². The zero-order chi connectivity index (χ0) is 14.7. The summed E-state index contributed by atoms with van der Waals surface area (Å²) in [6, 6.07) is 6.83. The lowest BCUT2D eigenvalue weighted by molar-refractivity contribution is 0.431. The Balaban J connectivity index is 2.06. The Hall–Kier alpha value is -2.01. The number of phenols is 1. The van der Waals surface area contributed by atoms with Crippen LogP contribution in [-0.2, 0) is 6.54 Å². The van der Waals surface area contributed by atoms with Gasteiger partial charge in [-0.3, -0.25) is 0 Å². The summed E-state index contributed by atoms with van der Waals surface area (Å²) < 4.78 is 39.8. The molecule has 0 saturated carbocycles. The van der Waals surface area contributed by atoms with E-state index in [0.29, 0.717) is 5.56 Å². The Morgan fingerprint density at radius 3 is 2.50 bits per heavy atom. The lowest BCUT2D eigenvalue weighted by atomic mass is 10.1. The molecule has 0 radical (unpaired) electrons. The standard InChI is InChI=1S/C15H14F3NO/c1-9(12-7-11(16)3-4-13(12)17)19-8-10-2-5-15(20)14(18)6-10/h2-7,9,19-20H,8H2,1H3. The van der Waals surface area contributed by atoms with E-state index in [1.54, 1.807) is 13.0 Å². The molecule has 1 unspecified atom stereocenters. The van der Waals surface area contributed by atoms with Crippen LogP contribution in [0.5, 0.6) is 5.75 Å². The molecule has 0 saturated heterocycles. The molecular formula is C15H14F3NO. The van der Waals surface area contributed by atoms with Crippen molar-refractivity contribution in [2.24, 2.45) is 0 Å². The predicted molar refractivity (Wildman–Crippen MR) is 69.7 cm³/mol. The summed E-state index contributed by atoms with van der Waals surface area (Å²) in [4.78, 5) is 0. The molecule has 0 aliphatic rings. The monoisotopic (exact) mass is 281 g/mol. The van der Waals surface area contributed by atoms with Gasteiger partial charge in [-0.05, 0) is 42.8 Å². The molecule has 5 heteroatoms. The summed E-state index contributed by atoms with van der Waals surface area (Å²) in [6.07, 6.45) is 0. The fraction of sp³-hybridized carbons (Fsp3) is 0.200. The van der Waals surface area contributed by atoms with E-state index in [9.17, 15) is 13.2 Å². The molecule has 20 heavy (non-hydrogen) atoms. The largest absolute Gasteiger partial charge is 0.505 e. The molecule has 2 nitrogen and oxygen atoms in total. The molecule has 1 atom stereocenters. The van der Waals surface area contributed by atoms with Gasteiger partial charge in [0.2, 0.25) is 0 Å². The van der Waals surface area contributed by atoms with Crippen molar-refractivity contribution >= 4 is 0 Å². The predicted octanol–water partition coefficient (Wildman–Crippen LogP) is 3.66. The average Bonchev–Trinajstić information content (AvgIpc) is 2.42. The van der Waals surface area contributed by atoms with Gasteiger partial charge in [-0.15, -0.1) is 0 Å². The molecule has 0 aliphatic carbocycles. The number of halogens is 3. The fourth-order valence-electron chi connectivity index (χ4n) is 1.89. The summed E-state index contributed by atoms with van der Waals surface area (Å²) in [5.41, 5.74) is 0.813. The molecule has 0 fully saturated rings. The lowest BCUT2D eigenvalue weighted by Gasteiger charge is -2.15. The maximum atomic E-state index is 13.6. The van der Waals surface area contributed by atoms with Crippen molar-refractivity contribution in [1.82, 2.24) is 5.32 Å².